The lowest BCUT2D eigenvalue weighted by Crippen LogP contribution is -2.33. The SMILES string of the molecule is CCCOc1ccc(C2=C(SCC)C(=O)N(CCc3ccccc3)C2=O)cc1. The van der Waals surface area contributed by atoms with Gasteiger partial charge < -0.3 is 4.74 Å². The summed E-state index contributed by atoms with van der Waals surface area (Å²) in [7, 11) is 0. The first-order chi connectivity index (χ1) is 13.7. The minimum Gasteiger partial charge on any atom is -0.494 e. The first kappa shape index (κ1) is 20.2. The van der Waals surface area contributed by atoms with Gasteiger partial charge >= 0.3 is 0 Å². The van der Waals surface area contributed by atoms with Crippen LogP contribution in [0.25, 0.3) is 5.57 Å². The average Bonchev–Trinajstić information content (AvgIpc) is 2.96. The van der Waals surface area contributed by atoms with E-state index in [1.54, 1.807) is 0 Å². The van der Waals surface area contributed by atoms with Gasteiger partial charge in [-0.05, 0) is 41.9 Å². The van der Waals surface area contributed by atoms with Crippen LogP contribution in [0, 0.1) is 0 Å². The molecule has 2 amide bonds. The van der Waals surface area contributed by atoms with Crippen molar-refractivity contribution in [1.29, 1.82) is 0 Å². The van der Waals surface area contributed by atoms with E-state index in [9.17, 15) is 9.59 Å². The number of hydrogen-bond donors (Lipinski definition) is 0. The van der Waals surface area contributed by atoms with E-state index in [1.807, 2.05) is 61.5 Å². The fraction of sp³-hybridized carbons (Fsp3) is 0.304. The number of rotatable bonds is 9. The van der Waals surface area contributed by atoms with Crippen LogP contribution in [0.15, 0.2) is 59.5 Å². The molecule has 1 heterocycles. The van der Waals surface area contributed by atoms with Gasteiger partial charge in [-0.3, -0.25) is 14.5 Å². The molecule has 4 nitrogen and oxygen atoms in total. The highest BCUT2D eigenvalue weighted by atomic mass is 32.2. The molecule has 0 fully saturated rings. The summed E-state index contributed by atoms with van der Waals surface area (Å²) < 4.78 is 5.62. The lowest BCUT2D eigenvalue weighted by molar-refractivity contribution is -0.136. The van der Waals surface area contributed by atoms with Gasteiger partial charge in [0.1, 0.15) is 5.75 Å². The highest BCUT2D eigenvalue weighted by Crippen LogP contribution is 2.36. The third-order valence-electron chi connectivity index (χ3n) is 4.50. The Labute approximate surface area is 170 Å². The Hall–Kier alpha value is -2.53. The number of benzene rings is 2. The standard InChI is InChI=1S/C23H25NO3S/c1-3-16-27-19-12-10-18(11-13-19)20-21(28-4-2)23(26)24(22(20)25)15-14-17-8-6-5-7-9-17/h5-13H,3-4,14-16H2,1-2H3. The van der Waals surface area contributed by atoms with Crippen LogP contribution in [0.2, 0.25) is 0 Å². The number of nitrogens with zero attached hydrogens (tertiary/aromatic N) is 1. The summed E-state index contributed by atoms with van der Waals surface area (Å²) in [5.41, 5.74) is 2.38. The van der Waals surface area contributed by atoms with Crippen LogP contribution in [0.1, 0.15) is 31.4 Å². The molecule has 5 heteroatoms. The van der Waals surface area contributed by atoms with Gasteiger partial charge in [0.05, 0.1) is 17.1 Å². The highest BCUT2D eigenvalue weighted by Gasteiger charge is 2.38. The second-order valence-electron chi connectivity index (χ2n) is 6.51. The number of carbonyl (C=O) groups is 2. The van der Waals surface area contributed by atoms with E-state index in [-0.39, 0.29) is 11.8 Å². The number of amides is 2. The van der Waals surface area contributed by atoms with Gasteiger partial charge in [0.15, 0.2) is 0 Å². The second kappa shape index (κ2) is 9.60. The molecule has 2 aromatic rings. The Morgan fingerprint density at radius 1 is 0.929 bits per heavy atom. The molecule has 146 valence electrons. The molecule has 0 atom stereocenters. The molecule has 0 bridgehead atoms. The predicted octanol–water partition coefficient (Wildman–Crippen LogP) is 4.55. The summed E-state index contributed by atoms with van der Waals surface area (Å²) in [5, 5.41) is 0. The maximum absolute atomic E-state index is 13.1. The third-order valence-corrected chi connectivity index (χ3v) is 5.45. The van der Waals surface area contributed by atoms with E-state index in [0.29, 0.717) is 30.1 Å². The van der Waals surface area contributed by atoms with Gasteiger partial charge in [0.2, 0.25) is 0 Å². The maximum atomic E-state index is 13.1. The maximum Gasteiger partial charge on any atom is 0.267 e. The molecule has 0 aromatic heterocycles. The van der Waals surface area contributed by atoms with Crippen molar-refractivity contribution in [2.24, 2.45) is 0 Å². The molecule has 0 unspecified atom stereocenters. The largest absolute Gasteiger partial charge is 0.494 e. The molecule has 0 saturated carbocycles. The molecule has 0 aliphatic carbocycles. The molecule has 2 aromatic carbocycles. The molecule has 0 N–H and O–H groups in total. The van der Waals surface area contributed by atoms with E-state index in [0.717, 1.165) is 29.1 Å². The van der Waals surface area contributed by atoms with E-state index in [2.05, 4.69) is 6.92 Å². The van der Waals surface area contributed by atoms with E-state index in [1.165, 1.54) is 16.7 Å². The molecule has 3 rings (SSSR count). The first-order valence-electron chi connectivity index (χ1n) is 9.66. The molecule has 1 aliphatic heterocycles. The summed E-state index contributed by atoms with van der Waals surface area (Å²) >= 11 is 1.43. The fourth-order valence-electron chi connectivity index (χ4n) is 3.11. The van der Waals surface area contributed by atoms with Crippen LogP contribution in [0.3, 0.4) is 0 Å². The van der Waals surface area contributed by atoms with Gasteiger partial charge in [-0.2, -0.15) is 0 Å². The molecule has 0 saturated heterocycles. The fourth-order valence-corrected chi connectivity index (χ4v) is 3.98. The van der Waals surface area contributed by atoms with Crippen molar-refractivity contribution in [3.8, 4) is 5.75 Å². The molecule has 1 aliphatic rings. The summed E-state index contributed by atoms with van der Waals surface area (Å²) in [4.78, 5) is 27.9. The molecule has 28 heavy (non-hydrogen) atoms. The minimum absolute atomic E-state index is 0.186. The lowest BCUT2D eigenvalue weighted by atomic mass is 10.1. The Balaban J connectivity index is 1.81. The number of carbonyl (C=O) groups excluding carboxylic acids is 2. The Bertz CT molecular complexity index is 859. The normalized spacial score (nSPS) is 14.1. The van der Waals surface area contributed by atoms with E-state index >= 15 is 0 Å². The van der Waals surface area contributed by atoms with Gasteiger partial charge in [0, 0.05) is 6.54 Å². The van der Waals surface area contributed by atoms with Gasteiger partial charge in [-0.15, -0.1) is 11.8 Å². The summed E-state index contributed by atoms with van der Waals surface area (Å²) in [6.45, 7) is 5.09. The highest BCUT2D eigenvalue weighted by molar-refractivity contribution is 8.04. The summed E-state index contributed by atoms with van der Waals surface area (Å²) in [6.07, 6.45) is 1.59. The van der Waals surface area contributed by atoms with Gasteiger partial charge in [-0.25, -0.2) is 0 Å². The smallest absolute Gasteiger partial charge is 0.267 e. The zero-order chi connectivity index (χ0) is 19.9. The van der Waals surface area contributed by atoms with Crippen LogP contribution in [-0.2, 0) is 16.0 Å². The van der Waals surface area contributed by atoms with Gasteiger partial charge in [0.25, 0.3) is 11.8 Å². The molecular weight excluding hydrogens is 370 g/mol. The van der Waals surface area contributed by atoms with Gasteiger partial charge in [-0.1, -0.05) is 56.3 Å². The zero-order valence-corrected chi connectivity index (χ0v) is 17.1. The second-order valence-corrected chi connectivity index (χ2v) is 7.78. The van der Waals surface area contributed by atoms with Crippen LogP contribution in [0.5, 0.6) is 5.75 Å². The van der Waals surface area contributed by atoms with Crippen molar-refractivity contribution in [3.63, 3.8) is 0 Å². The molecule has 0 spiro atoms. The van der Waals surface area contributed by atoms with Crippen molar-refractivity contribution >= 4 is 29.1 Å². The number of thioether (sulfide) groups is 1. The van der Waals surface area contributed by atoms with Crippen molar-refractivity contribution in [3.05, 3.63) is 70.6 Å². The van der Waals surface area contributed by atoms with Crippen molar-refractivity contribution in [2.75, 3.05) is 18.9 Å². The lowest BCUT2D eigenvalue weighted by Gasteiger charge is -2.15. The predicted molar refractivity (Wildman–Crippen MR) is 114 cm³/mol. The average molecular weight is 396 g/mol. The van der Waals surface area contributed by atoms with Crippen molar-refractivity contribution < 1.29 is 14.3 Å². The Morgan fingerprint density at radius 3 is 2.29 bits per heavy atom. The number of ether oxygens (including phenoxy) is 1. The molecular formula is C23H25NO3S. The van der Waals surface area contributed by atoms with Crippen LogP contribution in [0.4, 0.5) is 0 Å². The number of imide groups is 1. The molecule has 0 radical (unpaired) electrons. The quantitative estimate of drug-likeness (QED) is 0.585. The summed E-state index contributed by atoms with van der Waals surface area (Å²) in [5.74, 6) is 1.11. The zero-order valence-electron chi connectivity index (χ0n) is 16.3. The van der Waals surface area contributed by atoms with Crippen LogP contribution < -0.4 is 4.74 Å². The van der Waals surface area contributed by atoms with Crippen molar-refractivity contribution in [1.82, 2.24) is 4.90 Å². The Morgan fingerprint density at radius 2 is 1.64 bits per heavy atom. The number of hydrogen-bond acceptors (Lipinski definition) is 4. The van der Waals surface area contributed by atoms with E-state index in [4.69, 9.17) is 4.74 Å². The topological polar surface area (TPSA) is 46.6 Å². The monoisotopic (exact) mass is 395 g/mol. The van der Waals surface area contributed by atoms with Crippen molar-refractivity contribution in [2.45, 2.75) is 26.7 Å². The summed E-state index contributed by atoms with van der Waals surface area (Å²) in [6, 6.07) is 17.4. The van der Waals surface area contributed by atoms with Crippen LogP contribution in [-0.4, -0.2) is 35.6 Å². The van der Waals surface area contributed by atoms with Crippen LogP contribution >= 0.6 is 11.8 Å². The first-order valence-corrected chi connectivity index (χ1v) is 10.6. The third kappa shape index (κ3) is 4.47. The van der Waals surface area contributed by atoms with E-state index < -0.39 is 0 Å². The Kier molecular flexibility index (Phi) is 6.93. The minimum atomic E-state index is -0.209.